The third-order valence-electron chi connectivity index (χ3n) is 4.17. The molecule has 1 heterocycles. The predicted molar refractivity (Wildman–Crippen MR) is 77.8 cm³/mol. The molecule has 102 valence electrons. The monoisotopic (exact) mass is 258 g/mol. The zero-order chi connectivity index (χ0) is 13.1. The molecule has 2 aliphatic rings. The third-order valence-corrected chi connectivity index (χ3v) is 4.17. The van der Waals surface area contributed by atoms with Crippen LogP contribution in [0.5, 0.6) is 5.75 Å². The second kappa shape index (κ2) is 5.64. The zero-order valence-electron chi connectivity index (χ0n) is 11.6. The molecular weight excluding hydrogens is 236 g/mol. The molecule has 0 N–H and O–H groups in total. The molecule has 0 bridgehead atoms. The predicted octanol–water partition coefficient (Wildman–Crippen LogP) is 3.41. The Morgan fingerprint density at radius 1 is 1.16 bits per heavy atom. The minimum absolute atomic E-state index is 0.664. The van der Waals surface area contributed by atoms with Gasteiger partial charge in [0, 0.05) is 13.6 Å². The number of hydrogen-bond acceptors (Lipinski definition) is 3. The molecule has 0 aromatic heterocycles. The van der Waals surface area contributed by atoms with Crippen LogP contribution < -0.4 is 4.74 Å². The van der Waals surface area contributed by atoms with Crippen LogP contribution in [0.2, 0.25) is 0 Å². The molecule has 1 aliphatic heterocycles. The van der Waals surface area contributed by atoms with Crippen molar-refractivity contribution < 1.29 is 4.74 Å². The van der Waals surface area contributed by atoms with Crippen molar-refractivity contribution in [3.63, 3.8) is 0 Å². The van der Waals surface area contributed by atoms with Crippen molar-refractivity contribution in [2.24, 2.45) is 4.99 Å². The molecule has 1 aliphatic carbocycles. The van der Waals surface area contributed by atoms with Crippen LogP contribution in [-0.4, -0.2) is 31.1 Å². The zero-order valence-corrected chi connectivity index (χ0v) is 11.6. The van der Waals surface area contributed by atoms with Crippen LogP contribution in [0.3, 0.4) is 0 Å². The SMILES string of the molecule is CN1CCN=C1Oc1ccccc1C1CCCCC1. The molecule has 1 fully saturated rings. The summed E-state index contributed by atoms with van der Waals surface area (Å²) in [6.45, 7) is 1.80. The van der Waals surface area contributed by atoms with E-state index in [0.29, 0.717) is 5.92 Å². The molecule has 1 aromatic carbocycles. The molecule has 0 atom stereocenters. The van der Waals surface area contributed by atoms with Crippen molar-refractivity contribution in [1.29, 1.82) is 0 Å². The van der Waals surface area contributed by atoms with E-state index in [1.807, 2.05) is 7.05 Å². The first-order chi connectivity index (χ1) is 9.34. The summed E-state index contributed by atoms with van der Waals surface area (Å²) < 4.78 is 6.05. The van der Waals surface area contributed by atoms with E-state index in [0.717, 1.165) is 24.9 Å². The summed E-state index contributed by atoms with van der Waals surface area (Å²) >= 11 is 0. The molecule has 1 aromatic rings. The van der Waals surface area contributed by atoms with Gasteiger partial charge in [0.2, 0.25) is 0 Å². The fourth-order valence-corrected chi connectivity index (χ4v) is 3.04. The average molecular weight is 258 g/mol. The van der Waals surface area contributed by atoms with Gasteiger partial charge in [-0.05, 0) is 30.4 Å². The van der Waals surface area contributed by atoms with Crippen LogP contribution in [0.15, 0.2) is 29.3 Å². The van der Waals surface area contributed by atoms with E-state index in [-0.39, 0.29) is 0 Å². The van der Waals surface area contributed by atoms with Crippen LogP contribution in [0.1, 0.15) is 43.6 Å². The summed E-state index contributed by atoms with van der Waals surface area (Å²) in [5.74, 6) is 1.67. The minimum atomic E-state index is 0.664. The van der Waals surface area contributed by atoms with Crippen molar-refractivity contribution in [2.75, 3.05) is 20.1 Å². The molecule has 0 saturated heterocycles. The Morgan fingerprint density at radius 3 is 2.68 bits per heavy atom. The van der Waals surface area contributed by atoms with Crippen LogP contribution in [0, 0.1) is 0 Å². The first-order valence-corrected chi connectivity index (χ1v) is 7.37. The molecule has 3 nitrogen and oxygen atoms in total. The highest BCUT2D eigenvalue weighted by atomic mass is 16.5. The molecule has 0 amide bonds. The summed E-state index contributed by atoms with van der Waals surface area (Å²) in [7, 11) is 2.04. The van der Waals surface area contributed by atoms with Gasteiger partial charge in [-0.15, -0.1) is 0 Å². The number of aliphatic imine (C=N–C) groups is 1. The number of nitrogens with zero attached hydrogens (tertiary/aromatic N) is 2. The Bertz CT molecular complexity index is 464. The van der Waals surface area contributed by atoms with Gasteiger partial charge in [-0.25, -0.2) is 4.99 Å². The average Bonchev–Trinajstić information content (AvgIpc) is 2.86. The number of rotatable bonds is 2. The standard InChI is InChI=1S/C16H22N2O/c1-18-12-11-17-16(18)19-15-10-6-5-9-14(15)13-7-3-2-4-8-13/h5-6,9-10,13H,2-4,7-8,11-12H2,1H3. The number of para-hydroxylation sites is 1. The fraction of sp³-hybridized carbons (Fsp3) is 0.562. The molecule has 3 heteroatoms. The van der Waals surface area contributed by atoms with E-state index in [1.165, 1.54) is 37.7 Å². The van der Waals surface area contributed by atoms with Crippen LogP contribution in [0.25, 0.3) is 0 Å². The molecule has 0 unspecified atom stereocenters. The van der Waals surface area contributed by atoms with Crippen molar-refractivity contribution >= 4 is 6.02 Å². The Morgan fingerprint density at radius 2 is 1.95 bits per heavy atom. The lowest BCUT2D eigenvalue weighted by Crippen LogP contribution is -2.27. The van der Waals surface area contributed by atoms with Gasteiger partial charge in [-0.1, -0.05) is 37.5 Å². The van der Waals surface area contributed by atoms with E-state index in [4.69, 9.17) is 4.74 Å². The minimum Gasteiger partial charge on any atom is -0.426 e. The highest BCUT2D eigenvalue weighted by Crippen LogP contribution is 2.37. The smallest absolute Gasteiger partial charge is 0.292 e. The Balaban J connectivity index is 1.80. The second-order valence-electron chi connectivity index (χ2n) is 5.56. The first-order valence-electron chi connectivity index (χ1n) is 7.37. The van der Waals surface area contributed by atoms with Crippen LogP contribution in [-0.2, 0) is 0 Å². The van der Waals surface area contributed by atoms with Gasteiger partial charge in [0.25, 0.3) is 6.02 Å². The van der Waals surface area contributed by atoms with Crippen molar-refractivity contribution in [1.82, 2.24) is 4.90 Å². The number of ether oxygens (including phenoxy) is 1. The Labute approximate surface area is 115 Å². The second-order valence-corrected chi connectivity index (χ2v) is 5.56. The molecule has 19 heavy (non-hydrogen) atoms. The topological polar surface area (TPSA) is 24.8 Å². The van der Waals surface area contributed by atoms with Gasteiger partial charge in [-0.3, -0.25) is 0 Å². The van der Waals surface area contributed by atoms with E-state index < -0.39 is 0 Å². The largest absolute Gasteiger partial charge is 0.426 e. The summed E-state index contributed by atoms with van der Waals surface area (Å²) in [6, 6.07) is 9.25. The number of hydrogen-bond donors (Lipinski definition) is 0. The molecule has 0 spiro atoms. The summed E-state index contributed by atoms with van der Waals surface area (Å²) in [6.07, 6.45) is 6.67. The maximum Gasteiger partial charge on any atom is 0.292 e. The van der Waals surface area contributed by atoms with Crippen LogP contribution in [0.4, 0.5) is 0 Å². The van der Waals surface area contributed by atoms with Gasteiger partial charge >= 0.3 is 0 Å². The number of benzene rings is 1. The van der Waals surface area contributed by atoms with Crippen molar-refractivity contribution in [3.05, 3.63) is 29.8 Å². The van der Waals surface area contributed by atoms with E-state index in [1.54, 1.807) is 0 Å². The summed E-state index contributed by atoms with van der Waals surface area (Å²) in [5, 5.41) is 0. The molecule has 3 rings (SSSR count). The summed E-state index contributed by atoms with van der Waals surface area (Å²) in [4.78, 5) is 6.50. The number of amidine groups is 1. The summed E-state index contributed by atoms with van der Waals surface area (Å²) in [5.41, 5.74) is 1.37. The third kappa shape index (κ3) is 2.75. The maximum absolute atomic E-state index is 6.05. The van der Waals surface area contributed by atoms with Crippen molar-refractivity contribution in [3.8, 4) is 5.75 Å². The van der Waals surface area contributed by atoms with Crippen molar-refractivity contribution in [2.45, 2.75) is 38.0 Å². The van der Waals surface area contributed by atoms with E-state index >= 15 is 0 Å². The van der Waals surface area contributed by atoms with Gasteiger partial charge < -0.3 is 9.64 Å². The van der Waals surface area contributed by atoms with E-state index in [2.05, 4.69) is 34.2 Å². The van der Waals surface area contributed by atoms with E-state index in [9.17, 15) is 0 Å². The normalized spacial score (nSPS) is 20.5. The van der Waals surface area contributed by atoms with Gasteiger partial charge in [0.15, 0.2) is 0 Å². The molecule has 0 radical (unpaired) electrons. The maximum atomic E-state index is 6.05. The van der Waals surface area contributed by atoms with Gasteiger partial charge in [0.05, 0.1) is 6.54 Å². The Kier molecular flexibility index (Phi) is 3.72. The first kappa shape index (κ1) is 12.5. The highest BCUT2D eigenvalue weighted by Gasteiger charge is 2.21. The lowest BCUT2D eigenvalue weighted by molar-refractivity contribution is 0.401. The quantitative estimate of drug-likeness (QED) is 0.812. The van der Waals surface area contributed by atoms with Gasteiger partial charge in [-0.2, -0.15) is 0 Å². The lowest BCUT2D eigenvalue weighted by atomic mass is 9.84. The van der Waals surface area contributed by atoms with Gasteiger partial charge in [0.1, 0.15) is 5.75 Å². The fourth-order valence-electron chi connectivity index (χ4n) is 3.04. The van der Waals surface area contributed by atoms with Crippen LogP contribution >= 0.6 is 0 Å². The molecular formula is C16H22N2O. The number of likely N-dealkylation sites (N-methyl/N-ethyl adjacent to an activating group) is 1. The molecule has 1 saturated carbocycles. The Hall–Kier alpha value is -1.51. The lowest BCUT2D eigenvalue weighted by Gasteiger charge is -2.24. The highest BCUT2D eigenvalue weighted by molar-refractivity contribution is 5.78.